The molecule has 0 aliphatic heterocycles. The minimum Gasteiger partial charge on any atom is -0.491 e. The number of thiophene rings is 1. The summed E-state index contributed by atoms with van der Waals surface area (Å²) in [4.78, 5) is 1.43. The summed E-state index contributed by atoms with van der Waals surface area (Å²) in [5, 5.41) is 5.60. The lowest BCUT2D eigenvalue weighted by molar-refractivity contribution is 0.242. The van der Waals surface area contributed by atoms with Crippen molar-refractivity contribution in [2.75, 3.05) is 6.54 Å². The van der Waals surface area contributed by atoms with Gasteiger partial charge in [0, 0.05) is 18.0 Å². The highest BCUT2D eigenvalue weighted by atomic mass is 32.1. The maximum Gasteiger partial charge on any atom is 0.120 e. The molecule has 0 saturated carbocycles. The minimum atomic E-state index is 0.224. The third-order valence-corrected chi connectivity index (χ3v) is 3.66. The van der Waals surface area contributed by atoms with Gasteiger partial charge in [0.05, 0.1) is 6.10 Å². The van der Waals surface area contributed by atoms with Crippen LogP contribution in [0.15, 0.2) is 41.8 Å². The first-order chi connectivity index (χ1) is 9.24. The van der Waals surface area contributed by atoms with E-state index in [0.717, 1.165) is 25.3 Å². The van der Waals surface area contributed by atoms with Gasteiger partial charge in [0.2, 0.25) is 0 Å². The SMILES string of the molecule is CC(C)Oc1cccc(CNCCc2cccs2)c1. The molecule has 0 amide bonds. The van der Waals surface area contributed by atoms with E-state index >= 15 is 0 Å². The summed E-state index contributed by atoms with van der Waals surface area (Å²) in [6.07, 6.45) is 1.32. The molecular formula is C16H21NOS. The molecule has 0 radical (unpaired) electrons. The molecular weight excluding hydrogens is 254 g/mol. The molecule has 0 aliphatic carbocycles. The van der Waals surface area contributed by atoms with Crippen LogP contribution >= 0.6 is 11.3 Å². The molecule has 1 heterocycles. The van der Waals surface area contributed by atoms with Crippen LogP contribution in [0.4, 0.5) is 0 Å². The second kappa shape index (κ2) is 7.31. The summed E-state index contributed by atoms with van der Waals surface area (Å²) >= 11 is 1.82. The van der Waals surface area contributed by atoms with E-state index in [1.165, 1.54) is 10.4 Å². The first-order valence-corrected chi connectivity index (χ1v) is 7.60. The fourth-order valence-corrected chi connectivity index (χ4v) is 2.61. The molecule has 0 unspecified atom stereocenters. The van der Waals surface area contributed by atoms with Gasteiger partial charge in [-0.2, -0.15) is 0 Å². The first-order valence-electron chi connectivity index (χ1n) is 6.73. The van der Waals surface area contributed by atoms with Gasteiger partial charge in [0.25, 0.3) is 0 Å². The molecule has 2 aromatic rings. The monoisotopic (exact) mass is 275 g/mol. The Morgan fingerprint density at radius 2 is 2.11 bits per heavy atom. The average Bonchev–Trinajstić information content (AvgIpc) is 2.87. The smallest absolute Gasteiger partial charge is 0.120 e. The zero-order chi connectivity index (χ0) is 13.5. The van der Waals surface area contributed by atoms with Crippen molar-refractivity contribution in [3.8, 4) is 5.75 Å². The summed E-state index contributed by atoms with van der Waals surface area (Å²) < 4.78 is 5.69. The molecule has 0 aliphatic rings. The van der Waals surface area contributed by atoms with Crippen LogP contribution in [0.1, 0.15) is 24.3 Å². The molecule has 2 rings (SSSR count). The highest BCUT2D eigenvalue weighted by Gasteiger charge is 1.99. The number of rotatable bonds is 7. The maximum atomic E-state index is 5.69. The molecule has 19 heavy (non-hydrogen) atoms. The Hall–Kier alpha value is -1.32. The van der Waals surface area contributed by atoms with E-state index in [4.69, 9.17) is 4.74 Å². The predicted molar refractivity (Wildman–Crippen MR) is 81.9 cm³/mol. The van der Waals surface area contributed by atoms with Crippen LogP contribution < -0.4 is 10.1 Å². The van der Waals surface area contributed by atoms with Crippen LogP contribution in [0.5, 0.6) is 5.75 Å². The highest BCUT2D eigenvalue weighted by molar-refractivity contribution is 7.09. The van der Waals surface area contributed by atoms with E-state index in [9.17, 15) is 0 Å². The first kappa shape index (κ1) is 14.1. The van der Waals surface area contributed by atoms with E-state index in [2.05, 4.69) is 35.0 Å². The van der Waals surface area contributed by atoms with Crippen LogP contribution in [0, 0.1) is 0 Å². The van der Waals surface area contributed by atoms with Crippen LogP contribution in [0.2, 0.25) is 0 Å². The van der Waals surface area contributed by atoms with Gasteiger partial charge in [-0.3, -0.25) is 0 Å². The van der Waals surface area contributed by atoms with E-state index < -0.39 is 0 Å². The summed E-state index contributed by atoms with van der Waals surface area (Å²) in [5.74, 6) is 0.951. The number of ether oxygens (including phenoxy) is 1. The molecule has 3 heteroatoms. The second-order valence-corrected chi connectivity index (χ2v) is 5.85. The summed E-state index contributed by atoms with van der Waals surface area (Å²) in [5.41, 5.74) is 1.27. The average molecular weight is 275 g/mol. The highest BCUT2D eigenvalue weighted by Crippen LogP contribution is 2.15. The molecule has 0 atom stereocenters. The number of hydrogen-bond acceptors (Lipinski definition) is 3. The quantitative estimate of drug-likeness (QED) is 0.775. The molecule has 0 fully saturated rings. The molecule has 0 bridgehead atoms. The molecule has 0 saturated heterocycles. The summed E-state index contributed by atoms with van der Waals surface area (Å²) in [6.45, 7) is 5.99. The number of benzene rings is 1. The Balaban J connectivity index is 1.76. The Bertz CT molecular complexity index is 479. The van der Waals surface area contributed by atoms with Crippen molar-refractivity contribution in [2.24, 2.45) is 0 Å². The van der Waals surface area contributed by atoms with Crippen molar-refractivity contribution in [2.45, 2.75) is 32.9 Å². The Kier molecular flexibility index (Phi) is 5.43. The fourth-order valence-electron chi connectivity index (χ4n) is 1.90. The summed E-state index contributed by atoms with van der Waals surface area (Å²) in [7, 11) is 0. The molecule has 1 aromatic carbocycles. The molecule has 0 spiro atoms. The van der Waals surface area contributed by atoms with Gasteiger partial charge < -0.3 is 10.1 Å². The lowest BCUT2D eigenvalue weighted by atomic mass is 10.2. The topological polar surface area (TPSA) is 21.3 Å². The van der Waals surface area contributed by atoms with E-state index in [-0.39, 0.29) is 6.10 Å². The Morgan fingerprint density at radius 1 is 1.21 bits per heavy atom. The lowest BCUT2D eigenvalue weighted by Crippen LogP contribution is -2.16. The molecule has 1 N–H and O–H groups in total. The zero-order valence-corrected chi connectivity index (χ0v) is 12.4. The van der Waals surface area contributed by atoms with Gasteiger partial charge in [0.15, 0.2) is 0 Å². The van der Waals surface area contributed by atoms with Crippen LogP contribution in [-0.2, 0) is 13.0 Å². The zero-order valence-electron chi connectivity index (χ0n) is 11.6. The predicted octanol–water partition coefficient (Wildman–Crippen LogP) is 3.87. The maximum absolute atomic E-state index is 5.69. The van der Waals surface area contributed by atoms with Crippen LogP contribution in [0.25, 0.3) is 0 Å². The normalized spacial score (nSPS) is 10.9. The largest absolute Gasteiger partial charge is 0.491 e. The number of nitrogens with one attached hydrogen (secondary N) is 1. The standard InChI is InChI=1S/C16H21NOS/c1-13(2)18-15-6-3-5-14(11-15)12-17-9-8-16-7-4-10-19-16/h3-7,10-11,13,17H,8-9,12H2,1-2H3. The van der Waals surface area contributed by atoms with Crippen LogP contribution in [-0.4, -0.2) is 12.6 Å². The third kappa shape index (κ3) is 5.05. The lowest BCUT2D eigenvalue weighted by Gasteiger charge is -2.11. The van der Waals surface area contributed by atoms with Crippen molar-refractivity contribution in [1.29, 1.82) is 0 Å². The molecule has 102 valence electrons. The van der Waals surface area contributed by atoms with Crippen LogP contribution in [0.3, 0.4) is 0 Å². The minimum absolute atomic E-state index is 0.224. The van der Waals surface area contributed by atoms with Gasteiger partial charge in [-0.15, -0.1) is 11.3 Å². The van der Waals surface area contributed by atoms with Crippen molar-refractivity contribution in [3.05, 3.63) is 52.2 Å². The van der Waals surface area contributed by atoms with Gasteiger partial charge in [-0.05, 0) is 49.4 Å². The fraction of sp³-hybridized carbons (Fsp3) is 0.375. The van der Waals surface area contributed by atoms with Gasteiger partial charge in [-0.25, -0.2) is 0 Å². The Labute approximate surface area is 119 Å². The van der Waals surface area contributed by atoms with Gasteiger partial charge >= 0.3 is 0 Å². The van der Waals surface area contributed by atoms with Crippen molar-refractivity contribution in [3.63, 3.8) is 0 Å². The van der Waals surface area contributed by atoms with Gasteiger partial charge in [0.1, 0.15) is 5.75 Å². The second-order valence-electron chi connectivity index (χ2n) is 4.82. The molecule has 1 aromatic heterocycles. The van der Waals surface area contributed by atoms with Gasteiger partial charge in [-0.1, -0.05) is 18.2 Å². The van der Waals surface area contributed by atoms with Crippen molar-refractivity contribution < 1.29 is 4.74 Å². The number of hydrogen-bond donors (Lipinski definition) is 1. The molecule has 2 nitrogen and oxygen atoms in total. The van der Waals surface area contributed by atoms with E-state index in [1.807, 2.05) is 37.3 Å². The summed E-state index contributed by atoms with van der Waals surface area (Å²) in [6, 6.07) is 12.6. The van der Waals surface area contributed by atoms with E-state index in [0.29, 0.717) is 0 Å². The van der Waals surface area contributed by atoms with Crippen molar-refractivity contribution >= 4 is 11.3 Å². The van der Waals surface area contributed by atoms with E-state index in [1.54, 1.807) is 0 Å². The Morgan fingerprint density at radius 3 is 2.84 bits per heavy atom. The van der Waals surface area contributed by atoms with Crippen molar-refractivity contribution in [1.82, 2.24) is 5.32 Å². The third-order valence-electron chi connectivity index (χ3n) is 2.73.